The second kappa shape index (κ2) is 5.53. The normalized spacial score (nSPS) is 29.3. The van der Waals surface area contributed by atoms with Crippen LogP contribution in [0.2, 0.25) is 0 Å². The van der Waals surface area contributed by atoms with Gasteiger partial charge in [-0.25, -0.2) is 0 Å². The van der Waals surface area contributed by atoms with Gasteiger partial charge in [0, 0.05) is 13.0 Å². The van der Waals surface area contributed by atoms with Crippen molar-refractivity contribution < 1.29 is 9.47 Å². The number of benzene rings is 1. The summed E-state index contributed by atoms with van der Waals surface area (Å²) in [6.45, 7) is 2.32. The summed E-state index contributed by atoms with van der Waals surface area (Å²) in [5.74, 6) is 2.58. The molecule has 3 heteroatoms. The molecule has 113 valence electrons. The molecule has 0 bridgehead atoms. The van der Waals surface area contributed by atoms with Gasteiger partial charge in [-0.05, 0) is 62.1 Å². The minimum Gasteiger partial charge on any atom is -0.451 e. The van der Waals surface area contributed by atoms with E-state index in [2.05, 4.69) is 11.7 Å². The van der Waals surface area contributed by atoms with Crippen molar-refractivity contribution in [2.24, 2.45) is 11.3 Å². The number of fused-ring (bicyclic) bond motifs is 1. The van der Waals surface area contributed by atoms with Gasteiger partial charge in [0.2, 0.25) is 6.29 Å². The second-order valence-electron chi connectivity index (χ2n) is 6.71. The zero-order valence-corrected chi connectivity index (χ0v) is 12.5. The molecule has 1 unspecified atom stereocenters. The first kappa shape index (κ1) is 13.4. The fraction of sp³-hybridized carbons (Fsp3) is 0.611. The first-order valence-corrected chi connectivity index (χ1v) is 8.32. The smallest absolute Gasteiger partial charge is 0.241 e. The molecular formula is C18H24NO2. The van der Waals surface area contributed by atoms with Crippen molar-refractivity contribution in [1.29, 1.82) is 0 Å². The molecule has 0 aromatic heterocycles. The Kier molecular flexibility index (Phi) is 3.54. The van der Waals surface area contributed by atoms with Crippen LogP contribution in [-0.4, -0.2) is 19.4 Å². The topological polar surface area (TPSA) is 30.5 Å². The van der Waals surface area contributed by atoms with E-state index in [-0.39, 0.29) is 6.29 Å². The molecule has 1 radical (unpaired) electrons. The predicted octanol–water partition coefficient (Wildman–Crippen LogP) is 3.55. The molecule has 21 heavy (non-hydrogen) atoms. The molecule has 0 amide bonds. The van der Waals surface area contributed by atoms with Gasteiger partial charge in [-0.15, -0.1) is 0 Å². The van der Waals surface area contributed by atoms with Crippen LogP contribution in [0.4, 0.5) is 0 Å². The van der Waals surface area contributed by atoms with E-state index >= 15 is 0 Å². The minimum absolute atomic E-state index is 0.0960. The molecule has 1 N–H and O–H groups in total. The average molecular weight is 286 g/mol. The Morgan fingerprint density at radius 2 is 2.00 bits per heavy atom. The van der Waals surface area contributed by atoms with Crippen molar-refractivity contribution >= 4 is 0 Å². The van der Waals surface area contributed by atoms with Gasteiger partial charge in [0.25, 0.3) is 0 Å². The van der Waals surface area contributed by atoms with E-state index in [0.717, 1.165) is 36.9 Å². The number of nitrogens with one attached hydrogen (secondary N) is 1. The van der Waals surface area contributed by atoms with E-state index in [1.54, 1.807) is 0 Å². The highest BCUT2D eigenvalue weighted by Gasteiger charge is 2.43. The summed E-state index contributed by atoms with van der Waals surface area (Å²) < 4.78 is 11.8. The number of rotatable bonds is 4. The third-order valence-electron chi connectivity index (χ3n) is 5.48. The molecule has 2 aliphatic heterocycles. The van der Waals surface area contributed by atoms with E-state index in [1.807, 2.05) is 24.3 Å². The fourth-order valence-electron chi connectivity index (χ4n) is 4.28. The van der Waals surface area contributed by atoms with Gasteiger partial charge < -0.3 is 14.8 Å². The zero-order valence-electron chi connectivity index (χ0n) is 12.5. The maximum Gasteiger partial charge on any atom is 0.241 e. The van der Waals surface area contributed by atoms with Gasteiger partial charge in [-0.3, -0.25) is 0 Å². The van der Waals surface area contributed by atoms with Crippen LogP contribution in [0.1, 0.15) is 38.5 Å². The largest absolute Gasteiger partial charge is 0.451 e. The lowest BCUT2D eigenvalue weighted by Gasteiger charge is -2.35. The number of ether oxygens (including phenoxy) is 2. The van der Waals surface area contributed by atoms with Gasteiger partial charge in [0.1, 0.15) is 0 Å². The molecule has 2 atom stereocenters. The Hall–Kier alpha value is -1.22. The molecule has 4 rings (SSSR count). The summed E-state index contributed by atoms with van der Waals surface area (Å²) >= 11 is 0. The van der Waals surface area contributed by atoms with Gasteiger partial charge in [-0.1, -0.05) is 18.6 Å². The first-order valence-electron chi connectivity index (χ1n) is 8.32. The molecule has 1 saturated heterocycles. The standard InChI is InChI=1S/C18H24NO2/c1-2-6-14(5-1)18(11-12-19-13-18)10-9-17-20-15-7-3-4-8-16(15)21-17/h3-5,7-8,14,17,19H,1-2,6,9-13H2/t14?,18-/m1/s1. The van der Waals surface area contributed by atoms with Crippen molar-refractivity contribution in [2.45, 2.75) is 44.8 Å². The molecule has 1 aliphatic carbocycles. The van der Waals surface area contributed by atoms with Crippen molar-refractivity contribution in [3.05, 3.63) is 30.7 Å². The third-order valence-corrected chi connectivity index (χ3v) is 5.48. The molecular weight excluding hydrogens is 262 g/mol. The van der Waals surface area contributed by atoms with E-state index < -0.39 is 0 Å². The number of para-hydroxylation sites is 2. The SMILES string of the molecule is [CH]1CCCC1[C@]1(CCC2Oc3ccccc3O2)CCNC1. The molecule has 3 nitrogen and oxygen atoms in total. The van der Waals surface area contributed by atoms with Gasteiger partial charge >= 0.3 is 0 Å². The van der Waals surface area contributed by atoms with E-state index in [4.69, 9.17) is 9.47 Å². The van der Waals surface area contributed by atoms with Crippen molar-refractivity contribution in [3.63, 3.8) is 0 Å². The maximum absolute atomic E-state index is 5.92. The predicted molar refractivity (Wildman–Crippen MR) is 82.3 cm³/mol. The Morgan fingerprint density at radius 3 is 2.62 bits per heavy atom. The first-order chi connectivity index (χ1) is 10.4. The molecule has 2 fully saturated rings. The zero-order chi connectivity index (χ0) is 14.1. The lowest BCUT2D eigenvalue weighted by molar-refractivity contribution is 0.0237. The van der Waals surface area contributed by atoms with Crippen LogP contribution in [0.5, 0.6) is 11.5 Å². The average Bonchev–Trinajstić information content (AvgIpc) is 3.24. The van der Waals surface area contributed by atoms with E-state index in [9.17, 15) is 0 Å². The molecule has 1 saturated carbocycles. The van der Waals surface area contributed by atoms with Crippen LogP contribution < -0.4 is 14.8 Å². The van der Waals surface area contributed by atoms with Crippen molar-refractivity contribution in [2.75, 3.05) is 13.1 Å². The van der Waals surface area contributed by atoms with Crippen LogP contribution in [0.25, 0.3) is 0 Å². The lowest BCUT2D eigenvalue weighted by atomic mass is 9.70. The highest BCUT2D eigenvalue weighted by atomic mass is 16.7. The summed E-state index contributed by atoms with van der Waals surface area (Å²) in [4.78, 5) is 0. The van der Waals surface area contributed by atoms with Crippen LogP contribution in [0, 0.1) is 17.8 Å². The quantitative estimate of drug-likeness (QED) is 0.918. The minimum atomic E-state index is -0.0960. The monoisotopic (exact) mass is 286 g/mol. The summed E-state index contributed by atoms with van der Waals surface area (Å²) in [5.41, 5.74) is 0.442. The Balaban J connectivity index is 1.39. The Morgan fingerprint density at radius 1 is 1.19 bits per heavy atom. The summed E-state index contributed by atoms with van der Waals surface area (Å²) in [7, 11) is 0. The van der Waals surface area contributed by atoms with Crippen LogP contribution in [0.15, 0.2) is 24.3 Å². The second-order valence-corrected chi connectivity index (χ2v) is 6.71. The van der Waals surface area contributed by atoms with E-state index in [0.29, 0.717) is 5.41 Å². The van der Waals surface area contributed by atoms with Crippen molar-refractivity contribution in [1.82, 2.24) is 5.32 Å². The maximum atomic E-state index is 5.92. The third kappa shape index (κ3) is 2.52. The van der Waals surface area contributed by atoms with Crippen LogP contribution in [-0.2, 0) is 0 Å². The highest BCUT2D eigenvalue weighted by Crippen LogP contribution is 2.47. The Bertz CT molecular complexity index is 465. The van der Waals surface area contributed by atoms with Gasteiger partial charge in [0.05, 0.1) is 0 Å². The number of hydrogen-bond donors (Lipinski definition) is 1. The van der Waals surface area contributed by atoms with Crippen LogP contribution >= 0.6 is 0 Å². The molecule has 1 aromatic carbocycles. The highest BCUT2D eigenvalue weighted by molar-refractivity contribution is 5.41. The molecule has 1 aromatic rings. The Labute approximate surface area is 127 Å². The number of hydrogen-bond acceptors (Lipinski definition) is 3. The van der Waals surface area contributed by atoms with Gasteiger partial charge in [-0.2, -0.15) is 0 Å². The summed E-state index contributed by atoms with van der Waals surface area (Å²) in [6.07, 6.45) is 9.99. The molecule has 3 aliphatic rings. The molecule has 0 spiro atoms. The van der Waals surface area contributed by atoms with E-state index in [1.165, 1.54) is 32.1 Å². The summed E-state index contributed by atoms with van der Waals surface area (Å²) in [6, 6.07) is 7.99. The van der Waals surface area contributed by atoms with Crippen molar-refractivity contribution in [3.8, 4) is 11.5 Å². The lowest BCUT2D eigenvalue weighted by Crippen LogP contribution is -2.34. The van der Waals surface area contributed by atoms with Crippen LogP contribution in [0.3, 0.4) is 0 Å². The summed E-state index contributed by atoms with van der Waals surface area (Å²) in [5, 5.41) is 3.58. The molecule has 2 heterocycles. The van der Waals surface area contributed by atoms with Gasteiger partial charge in [0.15, 0.2) is 11.5 Å². The fourth-order valence-corrected chi connectivity index (χ4v) is 4.28.